The van der Waals surface area contributed by atoms with Crippen LogP contribution < -0.4 is 5.32 Å². The average molecular weight is 288 g/mol. The summed E-state index contributed by atoms with van der Waals surface area (Å²) in [7, 11) is 0. The molecule has 0 fully saturated rings. The third-order valence-corrected chi connectivity index (χ3v) is 3.60. The van der Waals surface area contributed by atoms with E-state index in [0.717, 1.165) is 31.6 Å². The Labute approximate surface area is 129 Å². The standard InChI is InChI=1S/C18H28N2O/c1-3-5-6-10-14-21-16-18(15-19,20-13-4-2)17-11-8-7-9-12-17/h7-9,11-12,20H,3-6,10,13-14,16H2,1-2H3. The number of rotatable bonds is 11. The zero-order chi connectivity index (χ0) is 15.4. The lowest BCUT2D eigenvalue weighted by atomic mass is 9.92. The third kappa shape index (κ3) is 5.87. The van der Waals surface area contributed by atoms with Crippen LogP contribution in [-0.4, -0.2) is 19.8 Å². The maximum absolute atomic E-state index is 9.70. The number of nitriles is 1. The number of hydrogen-bond donors (Lipinski definition) is 1. The number of nitrogens with zero attached hydrogens (tertiary/aromatic N) is 1. The SMILES string of the molecule is CCCCCCOCC(C#N)(NCCC)c1ccccc1. The van der Waals surface area contributed by atoms with E-state index >= 15 is 0 Å². The second kappa shape index (κ2) is 10.4. The summed E-state index contributed by atoms with van der Waals surface area (Å²) in [6, 6.07) is 12.3. The van der Waals surface area contributed by atoms with Gasteiger partial charge in [0.05, 0.1) is 12.7 Å². The monoisotopic (exact) mass is 288 g/mol. The van der Waals surface area contributed by atoms with Crippen molar-refractivity contribution in [2.45, 2.75) is 51.5 Å². The molecule has 0 heterocycles. The molecule has 3 heteroatoms. The zero-order valence-corrected chi connectivity index (χ0v) is 13.4. The molecule has 0 aliphatic rings. The van der Waals surface area contributed by atoms with Crippen LogP contribution in [0.2, 0.25) is 0 Å². The molecule has 0 bridgehead atoms. The predicted molar refractivity (Wildman–Crippen MR) is 87.0 cm³/mol. The van der Waals surface area contributed by atoms with Crippen molar-refractivity contribution in [2.24, 2.45) is 0 Å². The van der Waals surface area contributed by atoms with Crippen LogP contribution in [0.1, 0.15) is 51.5 Å². The second-order valence-electron chi connectivity index (χ2n) is 5.42. The zero-order valence-electron chi connectivity index (χ0n) is 13.4. The van der Waals surface area contributed by atoms with Gasteiger partial charge in [-0.3, -0.25) is 5.32 Å². The van der Waals surface area contributed by atoms with E-state index in [1.165, 1.54) is 19.3 Å². The molecule has 3 nitrogen and oxygen atoms in total. The fourth-order valence-electron chi connectivity index (χ4n) is 2.29. The van der Waals surface area contributed by atoms with E-state index in [2.05, 4.69) is 25.2 Å². The van der Waals surface area contributed by atoms with Gasteiger partial charge < -0.3 is 4.74 Å². The molecule has 21 heavy (non-hydrogen) atoms. The summed E-state index contributed by atoms with van der Waals surface area (Å²) in [4.78, 5) is 0. The van der Waals surface area contributed by atoms with Gasteiger partial charge in [0.25, 0.3) is 0 Å². The van der Waals surface area contributed by atoms with E-state index in [1.54, 1.807) is 0 Å². The highest BCUT2D eigenvalue weighted by Gasteiger charge is 2.31. The first-order chi connectivity index (χ1) is 10.3. The lowest BCUT2D eigenvalue weighted by molar-refractivity contribution is 0.0856. The summed E-state index contributed by atoms with van der Waals surface area (Å²) in [6.45, 7) is 6.24. The van der Waals surface area contributed by atoms with E-state index in [1.807, 2.05) is 30.3 Å². The summed E-state index contributed by atoms with van der Waals surface area (Å²) >= 11 is 0. The fraction of sp³-hybridized carbons (Fsp3) is 0.611. The van der Waals surface area contributed by atoms with Crippen LogP contribution in [-0.2, 0) is 10.3 Å². The maximum atomic E-state index is 9.70. The number of nitrogens with one attached hydrogen (secondary N) is 1. The van der Waals surface area contributed by atoms with Crippen LogP contribution >= 0.6 is 0 Å². The molecule has 0 amide bonds. The lowest BCUT2D eigenvalue weighted by Crippen LogP contribution is -2.45. The van der Waals surface area contributed by atoms with Crippen LogP contribution in [0.25, 0.3) is 0 Å². The molecule has 0 radical (unpaired) electrons. The Bertz CT molecular complexity index is 413. The van der Waals surface area contributed by atoms with Crippen LogP contribution in [0, 0.1) is 11.3 Å². The minimum atomic E-state index is -0.734. The molecule has 1 aromatic carbocycles. The molecule has 0 spiro atoms. The summed E-state index contributed by atoms with van der Waals surface area (Å²) in [5, 5.41) is 13.1. The van der Waals surface area contributed by atoms with Gasteiger partial charge in [0, 0.05) is 6.61 Å². The van der Waals surface area contributed by atoms with Crippen LogP contribution in [0.4, 0.5) is 0 Å². The summed E-state index contributed by atoms with van der Waals surface area (Å²) in [5.41, 5.74) is 0.247. The van der Waals surface area contributed by atoms with Crippen molar-refractivity contribution in [3.8, 4) is 6.07 Å². The minimum Gasteiger partial charge on any atom is -0.378 e. The molecule has 0 aliphatic carbocycles. The second-order valence-corrected chi connectivity index (χ2v) is 5.42. The Balaban J connectivity index is 2.62. The lowest BCUT2D eigenvalue weighted by Gasteiger charge is -2.28. The molecule has 0 saturated carbocycles. The highest BCUT2D eigenvalue weighted by molar-refractivity contribution is 5.31. The van der Waals surface area contributed by atoms with Crippen molar-refractivity contribution >= 4 is 0 Å². The van der Waals surface area contributed by atoms with Crippen LogP contribution in [0.15, 0.2) is 30.3 Å². The third-order valence-electron chi connectivity index (χ3n) is 3.60. The first-order valence-corrected chi connectivity index (χ1v) is 8.08. The average Bonchev–Trinajstić information content (AvgIpc) is 2.55. The topological polar surface area (TPSA) is 45.0 Å². The number of unbranched alkanes of at least 4 members (excludes halogenated alkanes) is 3. The Morgan fingerprint density at radius 2 is 1.86 bits per heavy atom. The predicted octanol–water partition coefficient (Wildman–Crippen LogP) is 4.00. The number of benzene rings is 1. The molecule has 1 aromatic rings. The molecule has 0 aliphatic heterocycles. The van der Waals surface area contributed by atoms with Crippen LogP contribution in [0.3, 0.4) is 0 Å². The van der Waals surface area contributed by atoms with E-state index in [4.69, 9.17) is 4.74 Å². The Morgan fingerprint density at radius 1 is 1.10 bits per heavy atom. The summed E-state index contributed by atoms with van der Waals surface area (Å²) < 4.78 is 5.80. The highest BCUT2D eigenvalue weighted by Crippen LogP contribution is 2.21. The Hall–Kier alpha value is -1.37. The molecule has 116 valence electrons. The Morgan fingerprint density at radius 3 is 2.48 bits per heavy atom. The summed E-state index contributed by atoms with van der Waals surface area (Å²) in [6.07, 6.45) is 5.73. The van der Waals surface area contributed by atoms with Gasteiger partial charge in [-0.2, -0.15) is 5.26 Å². The van der Waals surface area contributed by atoms with Crippen molar-refractivity contribution in [3.63, 3.8) is 0 Å². The summed E-state index contributed by atoms with van der Waals surface area (Å²) in [5.74, 6) is 0. The Kier molecular flexibility index (Phi) is 8.73. The van der Waals surface area contributed by atoms with E-state index in [-0.39, 0.29) is 0 Å². The largest absolute Gasteiger partial charge is 0.378 e. The first-order valence-electron chi connectivity index (χ1n) is 8.08. The van der Waals surface area contributed by atoms with Gasteiger partial charge in [0.2, 0.25) is 0 Å². The quantitative estimate of drug-likeness (QED) is 0.626. The molecule has 0 saturated heterocycles. The molecule has 1 rings (SSSR count). The molecular weight excluding hydrogens is 260 g/mol. The van der Waals surface area contributed by atoms with Crippen molar-refractivity contribution in [1.82, 2.24) is 5.32 Å². The van der Waals surface area contributed by atoms with Gasteiger partial charge in [-0.25, -0.2) is 0 Å². The molecule has 1 N–H and O–H groups in total. The maximum Gasteiger partial charge on any atom is 0.155 e. The molecule has 1 atom stereocenters. The fourth-order valence-corrected chi connectivity index (χ4v) is 2.29. The highest BCUT2D eigenvalue weighted by atomic mass is 16.5. The van der Waals surface area contributed by atoms with Gasteiger partial charge in [-0.1, -0.05) is 63.4 Å². The van der Waals surface area contributed by atoms with Crippen molar-refractivity contribution in [1.29, 1.82) is 5.26 Å². The van der Waals surface area contributed by atoms with Gasteiger partial charge in [-0.05, 0) is 24.9 Å². The van der Waals surface area contributed by atoms with Gasteiger partial charge >= 0.3 is 0 Å². The van der Waals surface area contributed by atoms with Crippen molar-refractivity contribution in [2.75, 3.05) is 19.8 Å². The van der Waals surface area contributed by atoms with E-state index in [9.17, 15) is 5.26 Å². The molecule has 1 unspecified atom stereocenters. The number of hydrogen-bond acceptors (Lipinski definition) is 3. The van der Waals surface area contributed by atoms with Crippen LogP contribution in [0.5, 0.6) is 0 Å². The molecule has 0 aromatic heterocycles. The van der Waals surface area contributed by atoms with Gasteiger partial charge in [-0.15, -0.1) is 0 Å². The van der Waals surface area contributed by atoms with Gasteiger partial charge in [0.1, 0.15) is 0 Å². The van der Waals surface area contributed by atoms with Crippen molar-refractivity contribution < 1.29 is 4.74 Å². The number of ether oxygens (including phenoxy) is 1. The van der Waals surface area contributed by atoms with Crippen molar-refractivity contribution in [3.05, 3.63) is 35.9 Å². The first kappa shape index (κ1) is 17.7. The smallest absolute Gasteiger partial charge is 0.155 e. The molecular formula is C18H28N2O. The van der Waals surface area contributed by atoms with Gasteiger partial charge in [0.15, 0.2) is 5.54 Å². The van der Waals surface area contributed by atoms with E-state index in [0.29, 0.717) is 6.61 Å². The normalized spacial score (nSPS) is 13.6. The minimum absolute atomic E-state index is 0.402. The van der Waals surface area contributed by atoms with E-state index < -0.39 is 5.54 Å².